The van der Waals surface area contributed by atoms with Crippen LogP contribution in [-0.2, 0) is 9.59 Å². The average Bonchev–Trinajstić information content (AvgIpc) is 2.99. The number of hydrogen-bond donors (Lipinski definition) is 1. The molecule has 0 bridgehead atoms. The molecule has 1 atom stereocenters. The molecule has 29 heavy (non-hydrogen) atoms. The van der Waals surface area contributed by atoms with Gasteiger partial charge < -0.3 is 5.11 Å². The van der Waals surface area contributed by atoms with Crippen LogP contribution in [0.3, 0.4) is 0 Å². The summed E-state index contributed by atoms with van der Waals surface area (Å²) in [6.45, 7) is 3.79. The number of aliphatic hydroxyl groups is 1. The smallest absolute Gasteiger partial charge is 0.301 e. The quantitative estimate of drug-likeness (QED) is 0.415. The van der Waals surface area contributed by atoms with Crippen molar-refractivity contribution in [3.63, 3.8) is 0 Å². The first-order valence-corrected chi connectivity index (χ1v) is 9.34. The maximum absolute atomic E-state index is 13.0. The Morgan fingerprint density at radius 2 is 1.59 bits per heavy atom. The molecule has 3 aromatic rings. The Labute approximate surface area is 169 Å². The van der Waals surface area contributed by atoms with E-state index in [1.54, 1.807) is 36.4 Å². The maximum Gasteiger partial charge on any atom is 0.301 e. The molecule has 1 saturated heterocycles. The molecule has 144 valence electrons. The van der Waals surface area contributed by atoms with Gasteiger partial charge in [0.1, 0.15) is 11.6 Å². The molecule has 4 rings (SSSR count). The number of amides is 1. The van der Waals surface area contributed by atoms with Crippen LogP contribution >= 0.6 is 0 Å². The Bertz CT molecular complexity index is 1120. The largest absolute Gasteiger partial charge is 0.507 e. The summed E-state index contributed by atoms with van der Waals surface area (Å²) in [7, 11) is 0. The van der Waals surface area contributed by atoms with E-state index in [1.165, 1.54) is 4.90 Å². The summed E-state index contributed by atoms with van der Waals surface area (Å²) < 4.78 is 0. The van der Waals surface area contributed by atoms with Crippen molar-refractivity contribution in [2.75, 3.05) is 4.90 Å². The van der Waals surface area contributed by atoms with Gasteiger partial charge in [-0.1, -0.05) is 66.2 Å². The average molecular weight is 384 g/mol. The van der Waals surface area contributed by atoms with E-state index >= 15 is 0 Å². The van der Waals surface area contributed by atoms with E-state index in [0.717, 1.165) is 16.8 Å². The van der Waals surface area contributed by atoms with Crippen LogP contribution in [0.1, 0.15) is 28.4 Å². The van der Waals surface area contributed by atoms with Crippen LogP contribution < -0.4 is 4.90 Å². The molecule has 5 heteroatoms. The van der Waals surface area contributed by atoms with Crippen LogP contribution in [0.2, 0.25) is 0 Å². The topological polar surface area (TPSA) is 70.5 Å². The van der Waals surface area contributed by atoms with Crippen molar-refractivity contribution in [2.45, 2.75) is 19.9 Å². The number of aryl methyl sites for hydroxylation is 2. The second-order valence-electron chi connectivity index (χ2n) is 7.08. The van der Waals surface area contributed by atoms with Gasteiger partial charge in [-0.2, -0.15) is 0 Å². The summed E-state index contributed by atoms with van der Waals surface area (Å²) in [5.74, 6) is -1.24. The highest BCUT2D eigenvalue weighted by molar-refractivity contribution is 6.51. The van der Waals surface area contributed by atoms with Gasteiger partial charge in [0.05, 0.1) is 11.6 Å². The number of Topliss-reactive ketones (excluding diaryl/α,β-unsaturated/α-hetero) is 1. The van der Waals surface area contributed by atoms with Gasteiger partial charge in [-0.3, -0.25) is 14.5 Å². The molecule has 1 fully saturated rings. The van der Waals surface area contributed by atoms with Crippen LogP contribution in [0.15, 0.2) is 78.4 Å². The molecule has 0 aliphatic carbocycles. The molecule has 1 aromatic heterocycles. The van der Waals surface area contributed by atoms with Crippen molar-refractivity contribution in [1.82, 2.24) is 4.98 Å². The lowest BCUT2D eigenvalue weighted by atomic mass is 9.95. The minimum atomic E-state index is -0.759. The van der Waals surface area contributed by atoms with E-state index in [2.05, 4.69) is 4.98 Å². The Kier molecular flexibility index (Phi) is 4.72. The number of aromatic nitrogens is 1. The second-order valence-corrected chi connectivity index (χ2v) is 7.08. The summed E-state index contributed by atoms with van der Waals surface area (Å²) >= 11 is 0. The standard InChI is InChI=1S/C24H20N2O3/c1-15-11-13-17(14-12-15)21-20(22(27)18-8-4-3-5-9-18)23(28)24(29)26(21)19-10-6-7-16(2)25-19/h3-14,21,27H,1-2H3/b22-20+. The summed E-state index contributed by atoms with van der Waals surface area (Å²) in [5.41, 5.74) is 3.07. The molecule has 1 unspecified atom stereocenters. The Balaban J connectivity index is 1.96. The lowest BCUT2D eigenvalue weighted by Crippen LogP contribution is -2.30. The highest BCUT2D eigenvalue weighted by Crippen LogP contribution is 2.41. The summed E-state index contributed by atoms with van der Waals surface area (Å²) in [4.78, 5) is 31.8. The van der Waals surface area contributed by atoms with Gasteiger partial charge in [-0.25, -0.2) is 4.98 Å². The molecular weight excluding hydrogens is 364 g/mol. The summed E-state index contributed by atoms with van der Waals surface area (Å²) in [6, 6.07) is 20.9. The van der Waals surface area contributed by atoms with E-state index in [1.807, 2.05) is 50.2 Å². The zero-order valence-corrected chi connectivity index (χ0v) is 16.2. The van der Waals surface area contributed by atoms with E-state index < -0.39 is 17.7 Å². The van der Waals surface area contributed by atoms with Crippen LogP contribution in [0.5, 0.6) is 0 Å². The SMILES string of the molecule is Cc1ccc(C2/C(=C(\O)c3ccccc3)C(=O)C(=O)N2c2cccc(C)n2)cc1. The number of pyridine rings is 1. The summed E-state index contributed by atoms with van der Waals surface area (Å²) in [6.07, 6.45) is 0. The highest BCUT2D eigenvalue weighted by atomic mass is 16.3. The summed E-state index contributed by atoms with van der Waals surface area (Å²) in [5, 5.41) is 11.0. The van der Waals surface area contributed by atoms with Crippen LogP contribution in [0, 0.1) is 13.8 Å². The highest BCUT2D eigenvalue weighted by Gasteiger charge is 2.47. The second kappa shape index (κ2) is 7.36. The normalized spacial score (nSPS) is 18.3. The first-order chi connectivity index (χ1) is 14.0. The van der Waals surface area contributed by atoms with Gasteiger partial charge >= 0.3 is 5.91 Å². The van der Waals surface area contributed by atoms with E-state index in [0.29, 0.717) is 11.4 Å². The van der Waals surface area contributed by atoms with E-state index in [9.17, 15) is 14.7 Å². The predicted molar refractivity (Wildman–Crippen MR) is 111 cm³/mol. The molecule has 2 aromatic carbocycles. The van der Waals surface area contributed by atoms with Crippen LogP contribution in [0.4, 0.5) is 5.82 Å². The minimum Gasteiger partial charge on any atom is -0.507 e. The first-order valence-electron chi connectivity index (χ1n) is 9.34. The lowest BCUT2D eigenvalue weighted by Gasteiger charge is -2.24. The molecule has 1 amide bonds. The minimum absolute atomic E-state index is 0.0633. The van der Waals surface area contributed by atoms with Crippen molar-refractivity contribution < 1.29 is 14.7 Å². The number of aliphatic hydroxyl groups excluding tert-OH is 1. The fourth-order valence-corrected chi connectivity index (χ4v) is 3.55. The number of nitrogens with zero attached hydrogens (tertiary/aromatic N) is 2. The molecule has 0 saturated carbocycles. The number of benzene rings is 2. The molecule has 1 aliphatic heterocycles. The van der Waals surface area contributed by atoms with Crippen molar-refractivity contribution in [3.8, 4) is 0 Å². The number of carbonyl (C=O) groups excluding carboxylic acids is 2. The molecular formula is C24H20N2O3. The third kappa shape index (κ3) is 3.31. The van der Waals surface area contributed by atoms with Crippen molar-refractivity contribution in [2.24, 2.45) is 0 Å². The molecule has 5 nitrogen and oxygen atoms in total. The van der Waals surface area contributed by atoms with Gasteiger partial charge in [-0.05, 0) is 31.5 Å². The van der Waals surface area contributed by atoms with Crippen molar-refractivity contribution in [3.05, 3.63) is 101 Å². The van der Waals surface area contributed by atoms with Gasteiger partial charge in [0.25, 0.3) is 5.78 Å². The van der Waals surface area contributed by atoms with Crippen LogP contribution in [0.25, 0.3) is 5.76 Å². The fourth-order valence-electron chi connectivity index (χ4n) is 3.55. The molecule has 0 radical (unpaired) electrons. The maximum atomic E-state index is 13.0. The Hall–Kier alpha value is -3.73. The number of hydrogen-bond acceptors (Lipinski definition) is 4. The lowest BCUT2D eigenvalue weighted by molar-refractivity contribution is -0.132. The van der Waals surface area contributed by atoms with Gasteiger partial charge in [0.2, 0.25) is 0 Å². The van der Waals surface area contributed by atoms with E-state index in [-0.39, 0.29) is 11.3 Å². The fraction of sp³-hybridized carbons (Fsp3) is 0.125. The zero-order chi connectivity index (χ0) is 20.5. The number of ketones is 1. The van der Waals surface area contributed by atoms with Gasteiger partial charge in [0.15, 0.2) is 0 Å². The van der Waals surface area contributed by atoms with Gasteiger partial charge in [-0.15, -0.1) is 0 Å². The van der Waals surface area contributed by atoms with Crippen molar-refractivity contribution >= 4 is 23.3 Å². The zero-order valence-electron chi connectivity index (χ0n) is 16.2. The predicted octanol–water partition coefficient (Wildman–Crippen LogP) is 4.32. The van der Waals surface area contributed by atoms with Crippen LogP contribution in [-0.4, -0.2) is 21.8 Å². The molecule has 2 heterocycles. The number of anilines is 1. The molecule has 1 N–H and O–H groups in total. The Morgan fingerprint density at radius 1 is 0.897 bits per heavy atom. The third-order valence-corrected chi connectivity index (χ3v) is 5.01. The third-order valence-electron chi connectivity index (χ3n) is 5.01. The number of carbonyl (C=O) groups is 2. The monoisotopic (exact) mass is 384 g/mol. The molecule has 1 aliphatic rings. The van der Waals surface area contributed by atoms with Crippen molar-refractivity contribution in [1.29, 1.82) is 0 Å². The Morgan fingerprint density at radius 3 is 2.24 bits per heavy atom. The first kappa shape index (κ1) is 18.6. The molecule has 0 spiro atoms. The number of rotatable bonds is 3. The van der Waals surface area contributed by atoms with Gasteiger partial charge in [0, 0.05) is 11.3 Å². The van der Waals surface area contributed by atoms with E-state index in [4.69, 9.17) is 0 Å².